The molecule has 2 N–H and O–H groups in total. The number of aliphatic imine (C=N–C) groups is 1. The van der Waals surface area contributed by atoms with Gasteiger partial charge in [0.05, 0.1) is 0 Å². The number of halogens is 1. The fourth-order valence-corrected chi connectivity index (χ4v) is 3.15. The van der Waals surface area contributed by atoms with E-state index >= 15 is 0 Å². The van der Waals surface area contributed by atoms with Crippen LogP contribution in [0, 0.1) is 12.7 Å². The Labute approximate surface area is 166 Å². The van der Waals surface area contributed by atoms with E-state index in [0.29, 0.717) is 24.6 Å². The van der Waals surface area contributed by atoms with Gasteiger partial charge in [-0.1, -0.05) is 18.2 Å². The molecule has 0 aliphatic carbocycles. The lowest BCUT2D eigenvalue weighted by Gasteiger charge is -2.33. The van der Waals surface area contributed by atoms with Crippen molar-refractivity contribution < 1.29 is 4.39 Å². The van der Waals surface area contributed by atoms with Gasteiger partial charge in [-0.3, -0.25) is 4.99 Å². The number of hydrogen-bond donors (Lipinski definition) is 2. The Kier molecular flexibility index (Phi) is 6.81. The zero-order valence-corrected chi connectivity index (χ0v) is 16.9. The van der Waals surface area contributed by atoms with Crippen LogP contribution in [0.4, 0.5) is 10.2 Å². The molecule has 1 aromatic heterocycles. The summed E-state index contributed by atoms with van der Waals surface area (Å²) in [7, 11) is 3.89. The zero-order chi connectivity index (χ0) is 19.9. The molecule has 7 heteroatoms. The highest BCUT2D eigenvalue weighted by Crippen LogP contribution is 2.13. The fraction of sp³-hybridized carbons (Fsp3) is 0.429. The van der Waals surface area contributed by atoms with Crippen molar-refractivity contribution >= 4 is 11.8 Å². The Morgan fingerprint density at radius 2 is 1.75 bits per heavy atom. The van der Waals surface area contributed by atoms with Crippen LogP contribution in [0.5, 0.6) is 0 Å². The number of hydrogen-bond acceptors (Lipinski definition) is 4. The van der Waals surface area contributed by atoms with Gasteiger partial charge in [0.1, 0.15) is 11.6 Å². The quantitative estimate of drug-likeness (QED) is 0.611. The third-order valence-electron chi connectivity index (χ3n) is 5.00. The summed E-state index contributed by atoms with van der Waals surface area (Å²) in [5.74, 6) is 1.55. The molecule has 3 rings (SSSR count). The van der Waals surface area contributed by atoms with E-state index in [1.165, 1.54) is 6.07 Å². The first kappa shape index (κ1) is 20.1. The molecule has 1 saturated heterocycles. The number of guanidine groups is 1. The van der Waals surface area contributed by atoms with Gasteiger partial charge < -0.3 is 20.4 Å². The molecule has 0 unspecified atom stereocenters. The van der Waals surface area contributed by atoms with Crippen LogP contribution in [0.2, 0.25) is 0 Å². The molecule has 2 aromatic rings. The average Bonchev–Trinajstić information content (AvgIpc) is 2.72. The maximum Gasteiger partial charge on any atom is 0.191 e. The van der Waals surface area contributed by atoms with E-state index < -0.39 is 0 Å². The molecule has 150 valence electrons. The summed E-state index contributed by atoms with van der Waals surface area (Å²) >= 11 is 0. The predicted molar refractivity (Wildman–Crippen MR) is 112 cm³/mol. The molecule has 0 bridgehead atoms. The summed E-state index contributed by atoms with van der Waals surface area (Å²) in [5, 5.41) is 6.54. The number of pyridine rings is 1. The number of nitrogens with zero attached hydrogens (tertiary/aromatic N) is 4. The summed E-state index contributed by atoms with van der Waals surface area (Å²) in [4.78, 5) is 13.5. The Bertz CT molecular complexity index is 797. The zero-order valence-electron chi connectivity index (χ0n) is 16.9. The van der Waals surface area contributed by atoms with E-state index in [9.17, 15) is 4.39 Å². The lowest BCUT2D eigenvalue weighted by molar-refractivity contribution is 0.312. The molecule has 2 heterocycles. The fourth-order valence-electron chi connectivity index (χ4n) is 3.15. The van der Waals surface area contributed by atoms with Gasteiger partial charge in [0.15, 0.2) is 5.96 Å². The van der Waals surface area contributed by atoms with Crippen LogP contribution in [-0.2, 0) is 13.1 Å². The van der Waals surface area contributed by atoms with Gasteiger partial charge in [0.25, 0.3) is 0 Å². The Balaban J connectivity index is 1.48. The van der Waals surface area contributed by atoms with Gasteiger partial charge in [-0.05, 0) is 42.8 Å². The highest BCUT2D eigenvalue weighted by Gasteiger charge is 2.14. The van der Waals surface area contributed by atoms with Crippen LogP contribution in [-0.4, -0.2) is 56.1 Å². The van der Waals surface area contributed by atoms with Crippen molar-refractivity contribution in [1.29, 1.82) is 0 Å². The Morgan fingerprint density at radius 3 is 2.36 bits per heavy atom. The van der Waals surface area contributed by atoms with E-state index in [-0.39, 0.29) is 5.82 Å². The SMILES string of the molecule is CN=C(NCc1ccc(N2CCN(C)CC2)nc1)NCc1ccc(F)c(C)c1. The van der Waals surface area contributed by atoms with Crippen LogP contribution in [0.1, 0.15) is 16.7 Å². The van der Waals surface area contributed by atoms with Crippen molar-refractivity contribution in [2.75, 3.05) is 45.2 Å². The van der Waals surface area contributed by atoms with Crippen LogP contribution in [0.15, 0.2) is 41.5 Å². The third-order valence-corrected chi connectivity index (χ3v) is 5.00. The highest BCUT2D eigenvalue weighted by atomic mass is 19.1. The van der Waals surface area contributed by atoms with Gasteiger partial charge in [-0.25, -0.2) is 9.37 Å². The molecule has 1 aliphatic heterocycles. The molecule has 1 fully saturated rings. The summed E-state index contributed by atoms with van der Waals surface area (Å²) in [6, 6.07) is 9.31. The second-order valence-corrected chi connectivity index (χ2v) is 7.18. The number of aromatic nitrogens is 1. The van der Waals surface area contributed by atoms with Crippen LogP contribution < -0.4 is 15.5 Å². The van der Waals surface area contributed by atoms with Gasteiger partial charge in [-0.15, -0.1) is 0 Å². The van der Waals surface area contributed by atoms with E-state index in [2.05, 4.69) is 49.6 Å². The molecule has 28 heavy (non-hydrogen) atoms. The number of likely N-dealkylation sites (N-methyl/N-ethyl adjacent to an activating group) is 1. The molecular weight excluding hydrogens is 355 g/mol. The van der Waals surface area contributed by atoms with Crippen LogP contribution >= 0.6 is 0 Å². The standard InChI is InChI=1S/C21H29FN6/c1-16-12-17(4-6-19(16)22)13-25-21(23-2)26-15-18-5-7-20(24-14-18)28-10-8-27(3)9-11-28/h4-7,12,14H,8-11,13,15H2,1-3H3,(H2,23,25,26). The summed E-state index contributed by atoms with van der Waals surface area (Å²) in [5.41, 5.74) is 2.76. The minimum Gasteiger partial charge on any atom is -0.354 e. The van der Waals surface area contributed by atoms with Crippen molar-refractivity contribution in [3.63, 3.8) is 0 Å². The van der Waals surface area contributed by atoms with E-state index in [4.69, 9.17) is 0 Å². The van der Waals surface area contributed by atoms with Crippen molar-refractivity contribution in [1.82, 2.24) is 20.5 Å². The Hall–Kier alpha value is -2.67. The first-order valence-corrected chi connectivity index (χ1v) is 9.63. The molecule has 0 amide bonds. The molecular formula is C21H29FN6. The van der Waals surface area contributed by atoms with Crippen LogP contribution in [0.25, 0.3) is 0 Å². The third kappa shape index (κ3) is 5.42. The summed E-state index contributed by atoms with van der Waals surface area (Å²) < 4.78 is 13.4. The second kappa shape index (κ2) is 9.50. The number of rotatable bonds is 5. The average molecular weight is 385 g/mol. The molecule has 6 nitrogen and oxygen atoms in total. The predicted octanol–water partition coefficient (Wildman–Crippen LogP) is 2.15. The van der Waals surface area contributed by atoms with Crippen LogP contribution in [0.3, 0.4) is 0 Å². The van der Waals surface area contributed by atoms with E-state index in [1.807, 2.05) is 12.3 Å². The number of benzene rings is 1. The molecule has 1 aromatic carbocycles. The van der Waals surface area contributed by atoms with E-state index in [1.54, 1.807) is 20.0 Å². The monoisotopic (exact) mass is 384 g/mol. The van der Waals surface area contributed by atoms with Gasteiger partial charge in [-0.2, -0.15) is 0 Å². The summed E-state index contributed by atoms with van der Waals surface area (Å²) in [6.07, 6.45) is 1.91. The molecule has 0 atom stereocenters. The second-order valence-electron chi connectivity index (χ2n) is 7.18. The topological polar surface area (TPSA) is 55.8 Å². The maximum absolute atomic E-state index is 13.4. The van der Waals surface area contributed by atoms with Gasteiger partial charge >= 0.3 is 0 Å². The first-order valence-electron chi connectivity index (χ1n) is 9.63. The number of piperazine rings is 1. The number of nitrogens with one attached hydrogen (secondary N) is 2. The first-order chi connectivity index (χ1) is 13.5. The van der Waals surface area contributed by atoms with Crippen molar-refractivity contribution in [3.8, 4) is 0 Å². The summed E-state index contributed by atoms with van der Waals surface area (Å²) in [6.45, 7) is 7.16. The molecule has 1 aliphatic rings. The van der Waals surface area contributed by atoms with Crippen molar-refractivity contribution in [2.24, 2.45) is 4.99 Å². The smallest absolute Gasteiger partial charge is 0.191 e. The number of anilines is 1. The van der Waals surface area contributed by atoms with Gasteiger partial charge in [0.2, 0.25) is 0 Å². The number of aryl methyl sites for hydroxylation is 1. The molecule has 0 radical (unpaired) electrons. The van der Waals surface area contributed by atoms with Crippen molar-refractivity contribution in [3.05, 3.63) is 59.0 Å². The molecule has 0 saturated carbocycles. The highest BCUT2D eigenvalue weighted by molar-refractivity contribution is 5.79. The minimum absolute atomic E-state index is 0.182. The maximum atomic E-state index is 13.4. The van der Waals surface area contributed by atoms with Crippen molar-refractivity contribution in [2.45, 2.75) is 20.0 Å². The largest absolute Gasteiger partial charge is 0.354 e. The normalized spacial score (nSPS) is 15.6. The van der Waals surface area contributed by atoms with E-state index in [0.717, 1.165) is 43.1 Å². The minimum atomic E-state index is -0.182. The van der Waals surface area contributed by atoms with Gasteiger partial charge in [0, 0.05) is 52.5 Å². The lowest BCUT2D eigenvalue weighted by Crippen LogP contribution is -2.44. The Morgan fingerprint density at radius 1 is 1.07 bits per heavy atom. The lowest BCUT2D eigenvalue weighted by atomic mass is 10.1. The molecule has 0 spiro atoms.